The van der Waals surface area contributed by atoms with Gasteiger partial charge in [-0.25, -0.2) is 0 Å². The third-order valence-electron chi connectivity index (χ3n) is 4.02. The number of hydrogen-bond acceptors (Lipinski definition) is 3. The summed E-state index contributed by atoms with van der Waals surface area (Å²) in [6.07, 6.45) is 11.4. The first-order chi connectivity index (χ1) is 10.3. The molecule has 0 aromatic carbocycles. The SMILES string of the molecule is CCCCCCCCC(NCC)c1cnc2ccsc2c1. The molecule has 21 heavy (non-hydrogen) atoms. The molecule has 0 spiro atoms. The lowest BCUT2D eigenvalue weighted by Crippen LogP contribution is -2.21. The first-order valence-electron chi connectivity index (χ1n) is 8.41. The van der Waals surface area contributed by atoms with Gasteiger partial charge in [-0.3, -0.25) is 4.98 Å². The first kappa shape index (κ1) is 16.4. The quantitative estimate of drug-likeness (QED) is 0.570. The monoisotopic (exact) mass is 304 g/mol. The third kappa shape index (κ3) is 5.08. The molecule has 0 aliphatic rings. The van der Waals surface area contributed by atoms with Crippen molar-refractivity contribution in [3.05, 3.63) is 29.3 Å². The van der Waals surface area contributed by atoms with Crippen molar-refractivity contribution in [2.75, 3.05) is 6.54 Å². The van der Waals surface area contributed by atoms with Crippen LogP contribution in [0.25, 0.3) is 10.2 Å². The molecule has 1 unspecified atom stereocenters. The van der Waals surface area contributed by atoms with Crippen molar-refractivity contribution < 1.29 is 0 Å². The number of nitrogens with zero attached hydrogens (tertiary/aromatic N) is 1. The molecule has 116 valence electrons. The number of pyridine rings is 1. The lowest BCUT2D eigenvalue weighted by molar-refractivity contribution is 0.476. The minimum Gasteiger partial charge on any atom is -0.310 e. The summed E-state index contributed by atoms with van der Waals surface area (Å²) in [5.74, 6) is 0. The number of hydrogen-bond donors (Lipinski definition) is 1. The van der Waals surface area contributed by atoms with E-state index < -0.39 is 0 Å². The van der Waals surface area contributed by atoms with Crippen LogP contribution in [-0.2, 0) is 0 Å². The Bertz CT molecular complexity index is 521. The highest BCUT2D eigenvalue weighted by Gasteiger charge is 2.11. The average Bonchev–Trinajstić information content (AvgIpc) is 2.97. The normalized spacial score (nSPS) is 12.9. The fourth-order valence-electron chi connectivity index (χ4n) is 2.81. The minimum atomic E-state index is 0.458. The van der Waals surface area contributed by atoms with Crippen molar-refractivity contribution in [1.82, 2.24) is 10.3 Å². The van der Waals surface area contributed by atoms with Gasteiger partial charge in [0, 0.05) is 12.2 Å². The molecule has 2 aromatic heterocycles. The molecular weight excluding hydrogens is 276 g/mol. The van der Waals surface area contributed by atoms with Gasteiger partial charge < -0.3 is 5.32 Å². The van der Waals surface area contributed by atoms with Crippen molar-refractivity contribution in [2.45, 2.75) is 64.8 Å². The van der Waals surface area contributed by atoms with Crippen LogP contribution in [0.4, 0.5) is 0 Å². The number of fused-ring (bicyclic) bond motifs is 1. The maximum absolute atomic E-state index is 4.58. The zero-order valence-electron chi connectivity index (χ0n) is 13.4. The van der Waals surface area contributed by atoms with E-state index in [2.05, 4.69) is 47.9 Å². The zero-order chi connectivity index (χ0) is 14.9. The summed E-state index contributed by atoms with van der Waals surface area (Å²) in [5.41, 5.74) is 2.47. The van der Waals surface area contributed by atoms with E-state index in [0.29, 0.717) is 6.04 Å². The molecule has 0 fully saturated rings. The number of aromatic nitrogens is 1. The number of thiophene rings is 1. The number of nitrogens with one attached hydrogen (secondary N) is 1. The Morgan fingerprint density at radius 1 is 1.14 bits per heavy atom. The van der Waals surface area contributed by atoms with E-state index in [1.54, 1.807) is 11.3 Å². The third-order valence-corrected chi connectivity index (χ3v) is 4.88. The standard InChI is InChI=1S/C18H28N2S/c1-3-5-6-7-8-9-10-16(19-4-2)15-13-18-17(20-14-15)11-12-21-18/h11-14,16,19H,3-10H2,1-2H3. The Kier molecular flexibility index (Phi) is 7.17. The second-order valence-corrected chi connectivity index (χ2v) is 6.69. The zero-order valence-corrected chi connectivity index (χ0v) is 14.2. The molecule has 2 aromatic rings. The Hall–Kier alpha value is -0.930. The van der Waals surface area contributed by atoms with Gasteiger partial charge >= 0.3 is 0 Å². The van der Waals surface area contributed by atoms with Gasteiger partial charge in [0.15, 0.2) is 0 Å². The summed E-state index contributed by atoms with van der Waals surface area (Å²) in [4.78, 5) is 4.58. The van der Waals surface area contributed by atoms with Gasteiger partial charge in [-0.05, 0) is 36.0 Å². The molecule has 0 aliphatic carbocycles. The van der Waals surface area contributed by atoms with Crippen molar-refractivity contribution in [1.29, 1.82) is 0 Å². The van der Waals surface area contributed by atoms with Gasteiger partial charge in [0.1, 0.15) is 0 Å². The lowest BCUT2D eigenvalue weighted by atomic mass is 10.0. The van der Waals surface area contributed by atoms with Crippen molar-refractivity contribution in [2.24, 2.45) is 0 Å². The van der Waals surface area contributed by atoms with Crippen molar-refractivity contribution in [3.63, 3.8) is 0 Å². The highest BCUT2D eigenvalue weighted by Crippen LogP contribution is 2.25. The maximum Gasteiger partial charge on any atom is 0.0809 e. The van der Waals surface area contributed by atoms with Gasteiger partial charge in [0.05, 0.1) is 10.2 Å². The van der Waals surface area contributed by atoms with Crippen LogP contribution in [0.2, 0.25) is 0 Å². The van der Waals surface area contributed by atoms with Crippen LogP contribution in [-0.4, -0.2) is 11.5 Å². The smallest absolute Gasteiger partial charge is 0.0809 e. The molecule has 0 saturated carbocycles. The molecule has 0 aliphatic heterocycles. The molecule has 1 atom stereocenters. The summed E-state index contributed by atoms with van der Waals surface area (Å²) < 4.78 is 1.30. The predicted molar refractivity (Wildman–Crippen MR) is 94.0 cm³/mol. The fraction of sp³-hybridized carbons (Fsp3) is 0.611. The largest absolute Gasteiger partial charge is 0.310 e. The van der Waals surface area contributed by atoms with Crippen LogP contribution in [0.1, 0.15) is 70.4 Å². The van der Waals surface area contributed by atoms with Crippen LogP contribution < -0.4 is 5.32 Å². The van der Waals surface area contributed by atoms with Crippen LogP contribution in [0, 0.1) is 0 Å². The molecule has 2 rings (SSSR count). The molecule has 1 N–H and O–H groups in total. The van der Waals surface area contributed by atoms with E-state index in [9.17, 15) is 0 Å². The van der Waals surface area contributed by atoms with Crippen molar-refractivity contribution >= 4 is 21.6 Å². The Morgan fingerprint density at radius 3 is 2.76 bits per heavy atom. The van der Waals surface area contributed by atoms with Gasteiger partial charge in [-0.15, -0.1) is 11.3 Å². The van der Waals surface area contributed by atoms with Gasteiger partial charge in [0.25, 0.3) is 0 Å². The van der Waals surface area contributed by atoms with E-state index in [1.165, 1.54) is 55.2 Å². The molecule has 2 nitrogen and oxygen atoms in total. The highest BCUT2D eigenvalue weighted by molar-refractivity contribution is 7.17. The number of rotatable bonds is 10. The summed E-state index contributed by atoms with van der Waals surface area (Å²) in [5, 5.41) is 5.74. The van der Waals surface area contributed by atoms with Gasteiger partial charge in [0.2, 0.25) is 0 Å². The highest BCUT2D eigenvalue weighted by atomic mass is 32.1. The second-order valence-electron chi connectivity index (χ2n) is 5.74. The van der Waals surface area contributed by atoms with E-state index in [0.717, 1.165) is 12.1 Å². The minimum absolute atomic E-state index is 0.458. The molecule has 0 bridgehead atoms. The summed E-state index contributed by atoms with van der Waals surface area (Å²) >= 11 is 1.78. The van der Waals surface area contributed by atoms with E-state index in [1.807, 2.05) is 0 Å². The topological polar surface area (TPSA) is 24.9 Å². The van der Waals surface area contributed by atoms with E-state index in [-0.39, 0.29) is 0 Å². The van der Waals surface area contributed by atoms with Crippen molar-refractivity contribution in [3.8, 4) is 0 Å². The second kappa shape index (κ2) is 9.16. The fourth-order valence-corrected chi connectivity index (χ4v) is 3.60. The van der Waals surface area contributed by atoms with Crippen LogP contribution in [0.3, 0.4) is 0 Å². The van der Waals surface area contributed by atoms with E-state index >= 15 is 0 Å². The molecule has 3 heteroatoms. The molecule has 0 radical (unpaired) electrons. The Labute approximate surface area is 133 Å². The first-order valence-corrected chi connectivity index (χ1v) is 9.29. The Morgan fingerprint density at radius 2 is 1.95 bits per heavy atom. The molecular formula is C18H28N2S. The predicted octanol–water partition coefficient (Wildman–Crippen LogP) is 5.70. The summed E-state index contributed by atoms with van der Waals surface area (Å²) in [7, 11) is 0. The Balaban J connectivity index is 1.88. The molecule has 0 amide bonds. The molecule has 0 saturated heterocycles. The van der Waals surface area contributed by atoms with Crippen LogP contribution in [0.15, 0.2) is 23.7 Å². The maximum atomic E-state index is 4.58. The van der Waals surface area contributed by atoms with Gasteiger partial charge in [-0.2, -0.15) is 0 Å². The average molecular weight is 305 g/mol. The van der Waals surface area contributed by atoms with E-state index in [4.69, 9.17) is 0 Å². The number of unbranched alkanes of at least 4 members (excludes halogenated alkanes) is 5. The van der Waals surface area contributed by atoms with Crippen LogP contribution >= 0.6 is 11.3 Å². The summed E-state index contributed by atoms with van der Waals surface area (Å²) in [6.45, 7) is 5.48. The van der Waals surface area contributed by atoms with Gasteiger partial charge in [-0.1, -0.05) is 52.4 Å². The lowest BCUT2D eigenvalue weighted by Gasteiger charge is -2.18. The summed E-state index contributed by atoms with van der Waals surface area (Å²) in [6, 6.07) is 4.87. The van der Waals surface area contributed by atoms with Crippen LogP contribution in [0.5, 0.6) is 0 Å². The molecule has 2 heterocycles.